The van der Waals surface area contributed by atoms with Crippen molar-refractivity contribution in [3.05, 3.63) is 34.9 Å². The number of piperidine rings is 1. The van der Waals surface area contributed by atoms with E-state index >= 15 is 0 Å². The highest BCUT2D eigenvalue weighted by Gasteiger charge is 2.23. The van der Waals surface area contributed by atoms with Crippen LogP contribution in [-0.2, 0) is 0 Å². The summed E-state index contributed by atoms with van der Waals surface area (Å²) in [5, 5.41) is 4.55. The first-order chi connectivity index (χ1) is 8.56. The van der Waals surface area contributed by atoms with Crippen molar-refractivity contribution in [1.29, 1.82) is 0 Å². The van der Waals surface area contributed by atoms with Crippen molar-refractivity contribution in [3.8, 4) is 0 Å². The molecule has 1 fully saturated rings. The first-order valence-corrected chi connectivity index (χ1v) is 7.16. The van der Waals surface area contributed by atoms with Crippen molar-refractivity contribution in [2.45, 2.75) is 44.8 Å². The van der Waals surface area contributed by atoms with E-state index in [0.717, 1.165) is 5.02 Å². The van der Waals surface area contributed by atoms with Gasteiger partial charge in [-0.2, -0.15) is 0 Å². The lowest BCUT2D eigenvalue weighted by Gasteiger charge is -2.36. The molecule has 1 heterocycles. The fourth-order valence-corrected chi connectivity index (χ4v) is 2.87. The van der Waals surface area contributed by atoms with E-state index in [4.69, 9.17) is 11.6 Å². The van der Waals surface area contributed by atoms with Crippen LogP contribution in [-0.4, -0.2) is 30.6 Å². The smallest absolute Gasteiger partial charge is 0.0409 e. The van der Waals surface area contributed by atoms with Crippen molar-refractivity contribution >= 4 is 11.6 Å². The predicted molar refractivity (Wildman–Crippen MR) is 78.1 cm³/mol. The molecule has 2 unspecified atom stereocenters. The van der Waals surface area contributed by atoms with Gasteiger partial charge in [-0.25, -0.2) is 0 Å². The molecular formula is C15H23ClN2. The Balaban J connectivity index is 1.93. The fraction of sp³-hybridized carbons (Fsp3) is 0.600. The number of hydrogen-bond donors (Lipinski definition) is 1. The number of hydrogen-bond acceptors (Lipinski definition) is 2. The Morgan fingerprint density at radius 2 is 2.22 bits per heavy atom. The Morgan fingerprint density at radius 1 is 1.44 bits per heavy atom. The molecule has 0 aromatic heterocycles. The summed E-state index contributed by atoms with van der Waals surface area (Å²) >= 11 is 6.04. The number of benzene rings is 1. The summed E-state index contributed by atoms with van der Waals surface area (Å²) in [6.07, 6.45) is 2.45. The van der Waals surface area contributed by atoms with E-state index in [2.05, 4.69) is 43.2 Å². The normalized spacial score (nSPS) is 27.1. The van der Waals surface area contributed by atoms with E-state index in [-0.39, 0.29) is 0 Å². The average Bonchev–Trinajstić information content (AvgIpc) is 2.34. The maximum atomic E-state index is 6.04. The van der Waals surface area contributed by atoms with Crippen LogP contribution < -0.4 is 5.32 Å². The minimum atomic E-state index is 0.365. The lowest BCUT2D eigenvalue weighted by Crippen LogP contribution is -2.46. The summed E-state index contributed by atoms with van der Waals surface area (Å²) in [5.74, 6) is 0. The maximum absolute atomic E-state index is 6.04. The maximum Gasteiger partial charge on any atom is 0.0409 e. The van der Waals surface area contributed by atoms with Crippen LogP contribution in [0, 0.1) is 0 Å². The Kier molecular flexibility index (Phi) is 4.66. The summed E-state index contributed by atoms with van der Waals surface area (Å²) in [6, 6.07) is 9.79. The molecule has 1 saturated heterocycles. The second-order valence-corrected chi connectivity index (χ2v) is 5.93. The number of nitrogens with one attached hydrogen (secondary N) is 1. The summed E-state index contributed by atoms with van der Waals surface area (Å²) in [6.45, 7) is 5.70. The molecule has 3 atom stereocenters. The third kappa shape index (κ3) is 3.47. The summed E-state index contributed by atoms with van der Waals surface area (Å²) < 4.78 is 0. The van der Waals surface area contributed by atoms with E-state index in [1.165, 1.54) is 24.9 Å². The van der Waals surface area contributed by atoms with E-state index in [9.17, 15) is 0 Å². The summed E-state index contributed by atoms with van der Waals surface area (Å²) in [7, 11) is 2.21. The van der Waals surface area contributed by atoms with Crippen LogP contribution in [0.25, 0.3) is 0 Å². The van der Waals surface area contributed by atoms with E-state index < -0.39 is 0 Å². The molecule has 0 amide bonds. The van der Waals surface area contributed by atoms with Gasteiger partial charge in [-0.3, -0.25) is 0 Å². The Morgan fingerprint density at radius 3 is 2.89 bits per heavy atom. The van der Waals surface area contributed by atoms with Gasteiger partial charge < -0.3 is 10.2 Å². The third-order valence-electron chi connectivity index (χ3n) is 4.04. The van der Waals surface area contributed by atoms with Gasteiger partial charge in [0.05, 0.1) is 0 Å². The highest BCUT2D eigenvalue weighted by Crippen LogP contribution is 2.21. The number of nitrogens with zero attached hydrogens (tertiary/aromatic N) is 1. The van der Waals surface area contributed by atoms with Gasteiger partial charge in [0.2, 0.25) is 0 Å². The second kappa shape index (κ2) is 6.05. The molecule has 0 aliphatic carbocycles. The molecule has 18 heavy (non-hydrogen) atoms. The van der Waals surface area contributed by atoms with Crippen LogP contribution in [0.5, 0.6) is 0 Å². The molecule has 100 valence electrons. The molecule has 1 N–H and O–H groups in total. The van der Waals surface area contributed by atoms with Crippen molar-refractivity contribution in [2.75, 3.05) is 13.6 Å². The van der Waals surface area contributed by atoms with Crippen LogP contribution in [0.15, 0.2) is 24.3 Å². The average molecular weight is 267 g/mol. The Bertz CT molecular complexity index is 394. The van der Waals surface area contributed by atoms with Gasteiger partial charge in [0.1, 0.15) is 0 Å². The standard InChI is InChI=1S/C15H23ClN2/c1-11-9-15(7-8-18(11)3)17-12(2)13-5-4-6-14(16)10-13/h4-6,10-12,15,17H,7-9H2,1-3H3/t11?,12-,15?/m1/s1. The topological polar surface area (TPSA) is 15.3 Å². The molecule has 2 rings (SSSR count). The zero-order chi connectivity index (χ0) is 13.1. The van der Waals surface area contributed by atoms with Crippen molar-refractivity contribution < 1.29 is 0 Å². The molecule has 1 aliphatic heterocycles. The van der Waals surface area contributed by atoms with Gasteiger partial charge in [-0.05, 0) is 58.0 Å². The van der Waals surface area contributed by atoms with E-state index in [0.29, 0.717) is 18.1 Å². The van der Waals surface area contributed by atoms with Gasteiger partial charge in [0.15, 0.2) is 0 Å². The quantitative estimate of drug-likeness (QED) is 0.901. The lowest BCUT2D eigenvalue weighted by atomic mass is 9.97. The second-order valence-electron chi connectivity index (χ2n) is 5.49. The van der Waals surface area contributed by atoms with E-state index in [1.54, 1.807) is 0 Å². The van der Waals surface area contributed by atoms with Crippen LogP contribution in [0.2, 0.25) is 5.02 Å². The van der Waals surface area contributed by atoms with Crippen LogP contribution in [0.1, 0.15) is 38.3 Å². The zero-order valence-corrected chi connectivity index (χ0v) is 12.2. The number of likely N-dealkylation sites (tertiary alicyclic amines) is 1. The molecule has 1 aliphatic rings. The Labute approximate surface area is 115 Å². The molecule has 0 saturated carbocycles. The van der Waals surface area contributed by atoms with E-state index in [1.807, 2.05) is 12.1 Å². The fourth-order valence-electron chi connectivity index (χ4n) is 2.67. The highest BCUT2D eigenvalue weighted by atomic mass is 35.5. The van der Waals surface area contributed by atoms with Crippen LogP contribution >= 0.6 is 11.6 Å². The van der Waals surface area contributed by atoms with Crippen molar-refractivity contribution in [2.24, 2.45) is 0 Å². The zero-order valence-electron chi connectivity index (χ0n) is 11.5. The Hall–Kier alpha value is -0.570. The number of rotatable bonds is 3. The summed E-state index contributed by atoms with van der Waals surface area (Å²) in [5.41, 5.74) is 1.27. The molecular weight excluding hydrogens is 244 g/mol. The molecule has 3 heteroatoms. The van der Waals surface area contributed by atoms with Gasteiger partial charge in [-0.1, -0.05) is 23.7 Å². The van der Waals surface area contributed by atoms with Gasteiger partial charge in [-0.15, -0.1) is 0 Å². The van der Waals surface area contributed by atoms with Crippen LogP contribution in [0.3, 0.4) is 0 Å². The minimum absolute atomic E-state index is 0.365. The molecule has 0 radical (unpaired) electrons. The number of halogens is 1. The van der Waals surface area contributed by atoms with Gasteiger partial charge in [0.25, 0.3) is 0 Å². The molecule has 0 bridgehead atoms. The minimum Gasteiger partial charge on any atom is -0.307 e. The molecule has 1 aromatic carbocycles. The SMILES string of the molecule is CC1CC(N[C@H](C)c2cccc(Cl)c2)CCN1C. The van der Waals surface area contributed by atoms with Crippen molar-refractivity contribution in [3.63, 3.8) is 0 Å². The molecule has 1 aromatic rings. The monoisotopic (exact) mass is 266 g/mol. The largest absolute Gasteiger partial charge is 0.307 e. The molecule has 0 spiro atoms. The van der Waals surface area contributed by atoms with Crippen molar-refractivity contribution in [1.82, 2.24) is 10.2 Å². The van der Waals surface area contributed by atoms with Gasteiger partial charge in [0, 0.05) is 23.1 Å². The highest BCUT2D eigenvalue weighted by molar-refractivity contribution is 6.30. The predicted octanol–water partition coefficient (Wildman–Crippen LogP) is 3.47. The first kappa shape index (κ1) is 13.9. The first-order valence-electron chi connectivity index (χ1n) is 6.78. The summed E-state index contributed by atoms with van der Waals surface area (Å²) in [4.78, 5) is 2.43. The van der Waals surface area contributed by atoms with Gasteiger partial charge >= 0.3 is 0 Å². The lowest BCUT2D eigenvalue weighted by molar-refractivity contribution is 0.163. The van der Waals surface area contributed by atoms with Crippen LogP contribution in [0.4, 0.5) is 0 Å². The third-order valence-corrected chi connectivity index (χ3v) is 4.28. The molecule has 2 nitrogen and oxygen atoms in total.